The first-order valence-corrected chi connectivity index (χ1v) is 4.09. The third kappa shape index (κ3) is 2.24. The molecule has 0 amide bonds. The fourth-order valence-corrected chi connectivity index (χ4v) is 1.02. The summed E-state index contributed by atoms with van der Waals surface area (Å²) in [6.45, 7) is 3.48. The average Bonchev–Trinajstić information content (AvgIpc) is 2.36. The maximum absolute atomic E-state index is 11.4. The summed E-state index contributed by atoms with van der Waals surface area (Å²) < 4.78 is 4.98. The van der Waals surface area contributed by atoms with Crippen LogP contribution in [0.4, 0.5) is 0 Å². The highest BCUT2D eigenvalue weighted by molar-refractivity contribution is 5.46. The highest BCUT2D eigenvalue weighted by atomic mass is 16.5. The van der Waals surface area contributed by atoms with Crippen LogP contribution in [0.15, 0.2) is 41.7 Å². The Kier molecular flexibility index (Phi) is 3.51. The molecule has 0 N–H and O–H groups in total. The summed E-state index contributed by atoms with van der Waals surface area (Å²) in [6.07, 6.45) is 1.47. The van der Waals surface area contributed by atoms with Crippen LogP contribution in [0.3, 0.4) is 0 Å². The third-order valence-corrected chi connectivity index (χ3v) is 1.60. The molecule has 0 fully saturated rings. The number of hydrogen-bond donors (Lipinski definition) is 0. The van der Waals surface area contributed by atoms with Crippen molar-refractivity contribution in [2.24, 2.45) is 0 Å². The molecule has 1 aromatic carbocycles. The normalized spacial score (nSPS) is 8.36. The second kappa shape index (κ2) is 4.88. The van der Waals surface area contributed by atoms with Crippen LogP contribution in [0.2, 0.25) is 0 Å². The van der Waals surface area contributed by atoms with Crippen LogP contribution in [-0.2, 0) is 0 Å². The van der Waals surface area contributed by atoms with E-state index in [1.807, 2.05) is 0 Å². The van der Waals surface area contributed by atoms with E-state index in [4.69, 9.17) is 4.74 Å². The van der Waals surface area contributed by atoms with E-state index in [1.54, 1.807) is 18.2 Å². The van der Waals surface area contributed by atoms with Gasteiger partial charge in [0, 0.05) is 0 Å². The topological polar surface area (TPSA) is 26.3 Å². The zero-order chi connectivity index (χ0) is 10.4. The molecule has 2 heteroatoms. The molecule has 2 nitrogen and oxygen atoms in total. The van der Waals surface area contributed by atoms with Crippen molar-refractivity contribution in [2.75, 3.05) is 7.11 Å². The Balaban J connectivity index is 3.43. The maximum atomic E-state index is 11.4. The molecule has 0 bridgehead atoms. The molecule has 70 valence electrons. The van der Waals surface area contributed by atoms with Crippen molar-refractivity contribution < 1.29 is 4.74 Å². The minimum atomic E-state index is -0.175. The second-order valence-corrected chi connectivity index (χ2v) is 2.50. The molecule has 0 unspecified atom stereocenters. The second-order valence-electron chi connectivity index (χ2n) is 2.50. The smallest absolute Gasteiger partial charge is 0.221 e. The molecule has 0 aliphatic carbocycles. The van der Waals surface area contributed by atoms with Gasteiger partial charge in [-0.25, -0.2) is 0 Å². The van der Waals surface area contributed by atoms with E-state index < -0.39 is 0 Å². The first-order valence-electron chi connectivity index (χ1n) is 4.09. The van der Waals surface area contributed by atoms with E-state index in [-0.39, 0.29) is 11.2 Å². The fraction of sp³-hybridized carbons (Fsp3) is 0.0833. The van der Waals surface area contributed by atoms with Gasteiger partial charge < -0.3 is 4.74 Å². The van der Waals surface area contributed by atoms with Crippen LogP contribution in [0, 0.1) is 11.8 Å². The lowest BCUT2D eigenvalue weighted by molar-refractivity contribution is 0.410. The predicted octanol–water partition coefficient (Wildman–Crippen LogP) is 1.59. The summed E-state index contributed by atoms with van der Waals surface area (Å²) in [7, 11) is 1.45. The van der Waals surface area contributed by atoms with Gasteiger partial charge in [0.25, 0.3) is 0 Å². The number of ether oxygens (including phenoxy) is 1. The molecule has 0 aliphatic rings. The first-order chi connectivity index (χ1) is 6.79. The molecule has 0 saturated carbocycles. The number of hydrogen-bond acceptors (Lipinski definition) is 2. The summed E-state index contributed by atoms with van der Waals surface area (Å²) in [5, 5.41) is 0. The number of rotatable bonds is 1. The van der Waals surface area contributed by atoms with Gasteiger partial charge in [0.05, 0.1) is 12.7 Å². The SMILES string of the molecule is C=CC#Cc1ccccc(=O)c1OC. The molecule has 0 aromatic heterocycles. The van der Waals surface area contributed by atoms with Crippen LogP contribution in [-0.4, -0.2) is 7.11 Å². The Morgan fingerprint density at radius 3 is 2.79 bits per heavy atom. The van der Waals surface area contributed by atoms with Crippen LogP contribution in [0.25, 0.3) is 0 Å². The zero-order valence-corrected chi connectivity index (χ0v) is 7.91. The van der Waals surface area contributed by atoms with Crippen molar-refractivity contribution in [3.05, 3.63) is 52.7 Å². The van der Waals surface area contributed by atoms with E-state index in [0.717, 1.165) is 0 Å². The molecule has 0 aliphatic heterocycles. The standard InChI is InChI=1S/C12H10O2/c1-3-4-7-10-8-5-6-9-11(13)12(10)14-2/h3,5-6,8-9H,1H2,2H3. The van der Waals surface area contributed by atoms with Crippen molar-refractivity contribution in [1.82, 2.24) is 0 Å². The van der Waals surface area contributed by atoms with Crippen molar-refractivity contribution in [2.45, 2.75) is 0 Å². The van der Waals surface area contributed by atoms with Gasteiger partial charge in [0.2, 0.25) is 5.43 Å². The minimum Gasteiger partial charge on any atom is -0.491 e. The highest BCUT2D eigenvalue weighted by Gasteiger charge is 2.01. The average molecular weight is 186 g/mol. The summed E-state index contributed by atoms with van der Waals surface area (Å²) in [6, 6.07) is 6.58. The monoisotopic (exact) mass is 186 g/mol. The van der Waals surface area contributed by atoms with Gasteiger partial charge in [-0.2, -0.15) is 0 Å². The van der Waals surface area contributed by atoms with E-state index >= 15 is 0 Å². The van der Waals surface area contributed by atoms with E-state index in [2.05, 4.69) is 18.4 Å². The van der Waals surface area contributed by atoms with Crippen LogP contribution in [0.5, 0.6) is 5.75 Å². The lowest BCUT2D eigenvalue weighted by Crippen LogP contribution is -2.02. The van der Waals surface area contributed by atoms with Crippen molar-refractivity contribution in [1.29, 1.82) is 0 Å². The Morgan fingerprint density at radius 2 is 2.14 bits per heavy atom. The van der Waals surface area contributed by atoms with E-state index in [1.165, 1.54) is 19.3 Å². The van der Waals surface area contributed by atoms with Crippen LogP contribution in [0.1, 0.15) is 5.56 Å². The van der Waals surface area contributed by atoms with Crippen LogP contribution < -0.4 is 10.2 Å². The summed E-state index contributed by atoms with van der Waals surface area (Å²) in [4.78, 5) is 11.4. The lowest BCUT2D eigenvalue weighted by atomic mass is 10.2. The molecule has 0 saturated heterocycles. The Morgan fingerprint density at radius 1 is 1.43 bits per heavy atom. The molecule has 0 spiro atoms. The van der Waals surface area contributed by atoms with E-state index in [0.29, 0.717) is 5.56 Å². The minimum absolute atomic E-state index is 0.175. The summed E-state index contributed by atoms with van der Waals surface area (Å²) >= 11 is 0. The maximum Gasteiger partial charge on any atom is 0.221 e. The first kappa shape index (κ1) is 10.1. The molecule has 0 radical (unpaired) electrons. The number of methoxy groups -OCH3 is 1. The largest absolute Gasteiger partial charge is 0.491 e. The predicted molar refractivity (Wildman–Crippen MR) is 56.3 cm³/mol. The quantitative estimate of drug-likeness (QED) is 0.622. The van der Waals surface area contributed by atoms with Gasteiger partial charge in [0.15, 0.2) is 5.75 Å². The Labute approximate surface area is 82.9 Å². The third-order valence-electron chi connectivity index (χ3n) is 1.60. The Bertz CT molecular complexity index is 450. The molecule has 0 heterocycles. The molecular formula is C12H10O2. The van der Waals surface area contributed by atoms with Crippen LogP contribution >= 0.6 is 0 Å². The van der Waals surface area contributed by atoms with Gasteiger partial charge >= 0.3 is 0 Å². The molecule has 1 rings (SSSR count). The summed E-state index contributed by atoms with van der Waals surface area (Å²) in [5.41, 5.74) is 0.397. The highest BCUT2D eigenvalue weighted by Crippen LogP contribution is 2.08. The van der Waals surface area contributed by atoms with Crippen molar-refractivity contribution >= 4 is 0 Å². The molecular weight excluding hydrogens is 176 g/mol. The summed E-state index contributed by atoms with van der Waals surface area (Å²) in [5.74, 6) is 5.72. The van der Waals surface area contributed by atoms with Gasteiger partial charge in [-0.15, -0.1) is 0 Å². The Hall–Kier alpha value is -2.01. The van der Waals surface area contributed by atoms with E-state index in [9.17, 15) is 4.79 Å². The molecule has 14 heavy (non-hydrogen) atoms. The van der Waals surface area contributed by atoms with Gasteiger partial charge in [-0.3, -0.25) is 4.79 Å². The molecule has 1 aromatic rings. The van der Waals surface area contributed by atoms with Crippen molar-refractivity contribution in [3.63, 3.8) is 0 Å². The fourth-order valence-electron chi connectivity index (χ4n) is 1.02. The molecule has 0 atom stereocenters. The lowest BCUT2D eigenvalue weighted by Gasteiger charge is -1.95. The van der Waals surface area contributed by atoms with Crippen molar-refractivity contribution in [3.8, 4) is 17.6 Å². The zero-order valence-electron chi connectivity index (χ0n) is 7.91. The van der Waals surface area contributed by atoms with Gasteiger partial charge in [0.1, 0.15) is 0 Å². The number of allylic oxidation sites excluding steroid dienone is 1. The van der Waals surface area contributed by atoms with Gasteiger partial charge in [-0.1, -0.05) is 30.6 Å². The van der Waals surface area contributed by atoms with Gasteiger partial charge in [-0.05, 0) is 18.2 Å².